The number of rotatable bonds is 4. The fraction of sp³-hybridized carbons (Fsp3) is 0.100. The van der Waals surface area contributed by atoms with Gasteiger partial charge in [0.2, 0.25) is 0 Å². The molecule has 1 aromatic heterocycles. The van der Waals surface area contributed by atoms with Gasteiger partial charge in [-0.2, -0.15) is 0 Å². The third-order valence-corrected chi connectivity index (χ3v) is 3.89. The van der Waals surface area contributed by atoms with Crippen LogP contribution in [0.25, 0.3) is 11.1 Å². The first-order valence-corrected chi connectivity index (χ1v) is 7.86. The van der Waals surface area contributed by atoms with Crippen molar-refractivity contribution in [2.75, 3.05) is 11.4 Å². The van der Waals surface area contributed by atoms with Gasteiger partial charge < -0.3 is 9.88 Å². The fourth-order valence-corrected chi connectivity index (χ4v) is 2.74. The highest BCUT2D eigenvalue weighted by Crippen LogP contribution is 2.24. The molecule has 24 heavy (non-hydrogen) atoms. The van der Waals surface area contributed by atoms with Crippen molar-refractivity contribution in [2.45, 2.75) is 6.92 Å². The Morgan fingerprint density at radius 1 is 0.958 bits per heavy atom. The van der Waals surface area contributed by atoms with Crippen molar-refractivity contribution < 1.29 is 4.79 Å². The van der Waals surface area contributed by atoms with E-state index in [0.717, 1.165) is 11.3 Å². The number of anilines is 1. The van der Waals surface area contributed by atoms with E-state index in [1.807, 2.05) is 67.6 Å². The molecule has 0 unspecified atom stereocenters. The Kier molecular flexibility index (Phi) is 4.57. The molecule has 3 aromatic rings. The van der Waals surface area contributed by atoms with Crippen LogP contribution in [0.15, 0.2) is 77.7 Å². The van der Waals surface area contributed by atoms with Crippen LogP contribution in [-0.2, 0) is 0 Å². The van der Waals surface area contributed by atoms with Gasteiger partial charge >= 0.3 is 0 Å². The molecule has 0 saturated heterocycles. The number of hydrogen-bond acceptors (Lipinski definition) is 2. The zero-order chi connectivity index (χ0) is 16.9. The zero-order valence-corrected chi connectivity index (χ0v) is 13.4. The summed E-state index contributed by atoms with van der Waals surface area (Å²) in [4.78, 5) is 29.7. The number of carbonyl (C=O) groups is 1. The molecule has 0 atom stereocenters. The van der Waals surface area contributed by atoms with Crippen LogP contribution < -0.4 is 10.5 Å². The van der Waals surface area contributed by atoms with E-state index in [9.17, 15) is 9.59 Å². The minimum absolute atomic E-state index is 0.161. The molecule has 1 amide bonds. The molecular formula is C20H18N2O2. The van der Waals surface area contributed by atoms with E-state index in [-0.39, 0.29) is 17.0 Å². The number of H-pyrrole nitrogens is 1. The lowest BCUT2D eigenvalue weighted by Crippen LogP contribution is -2.35. The second-order valence-electron chi connectivity index (χ2n) is 5.35. The van der Waals surface area contributed by atoms with Crippen molar-refractivity contribution in [2.24, 2.45) is 0 Å². The maximum atomic E-state index is 13.1. The van der Waals surface area contributed by atoms with Gasteiger partial charge in [-0.05, 0) is 30.7 Å². The van der Waals surface area contributed by atoms with Gasteiger partial charge in [-0.3, -0.25) is 9.59 Å². The summed E-state index contributed by atoms with van der Waals surface area (Å²) in [7, 11) is 0. The van der Waals surface area contributed by atoms with Gasteiger partial charge in [0.05, 0.1) is 0 Å². The number of pyridine rings is 1. The highest BCUT2D eigenvalue weighted by molar-refractivity contribution is 6.09. The van der Waals surface area contributed by atoms with Crippen molar-refractivity contribution in [3.05, 3.63) is 88.8 Å². The molecule has 0 aliphatic rings. The Balaban J connectivity index is 2.12. The first kappa shape index (κ1) is 15.7. The number of para-hydroxylation sites is 1. The summed E-state index contributed by atoms with van der Waals surface area (Å²) in [5, 5.41) is 0. The Morgan fingerprint density at radius 2 is 1.58 bits per heavy atom. The van der Waals surface area contributed by atoms with E-state index >= 15 is 0 Å². The smallest absolute Gasteiger partial charge is 0.264 e. The standard InChI is InChI=1S/C20H18N2O2/c1-2-22(16-11-7-4-8-12-16)20(24)18-17(13-14-21-19(18)23)15-9-5-3-6-10-15/h3-14H,2H2,1H3,(H,21,23). The molecule has 1 heterocycles. The molecule has 0 aliphatic carbocycles. The molecule has 0 bridgehead atoms. The molecule has 0 aliphatic heterocycles. The molecule has 120 valence electrons. The summed E-state index contributed by atoms with van der Waals surface area (Å²) in [6.07, 6.45) is 1.57. The van der Waals surface area contributed by atoms with Crippen molar-refractivity contribution in [3.63, 3.8) is 0 Å². The average Bonchev–Trinajstić information content (AvgIpc) is 2.63. The molecule has 1 N–H and O–H groups in total. The predicted molar refractivity (Wildman–Crippen MR) is 96.3 cm³/mol. The van der Waals surface area contributed by atoms with Gasteiger partial charge in [-0.15, -0.1) is 0 Å². The molecule has 4 nitrogen and oxygen atoms in total. The van der Waals surface area contributed by atoms with Crippen molar-refractivity contribution in [3.8, 4) is 11.1 Å². The van der Waals surface area contributed by atoms with Crippen molar-refractivity contribution >= 4 is 11.6 Å². The summed E-state index contributed by atoms with van der Waals surface area (Å²) < 4.78 is 0. The van der Waals surface area contributed by atoms with Crippen LogP contribution >= 0.6 is 0 Å². The molecule has 4 heteroatoms. The molecule has 3 rings (SSSR count). The molecular weight excluding hydrogens is 300 g/mol. The summed E-state index contributed by atoms with van der Waals surface area (Å²) >= 11 is 0. The van der Waals surface area contributed by atoms with E-state index in [1.54, 1.807) is 17.2 Å². The highest BCUT2D eigenvalue weighted by Gasteiger charge is 2.22. The average molecular weight is 318 g/mol. The molecule has 2 aromatic carbocycles. The zero-order valence-electron chi connectivity index (χ0n) is 13.4. The van der Waals surface area contributed by atoms with Crippen LogP contribution in [0, 0.1) is 0 Å². The molecule has 0 fully saturated rings. The number of aromatic amines is 1. The molecule has 0 saturated carbocycles. The second-order valence-corrected chi connectivity index (χ2v) is 5.35. The van der Waals surface area contributed by atoms with E-state index in [0.29, 0.717) is 12.1 Å². The van der Waals surface area contributed by atoms with E-state index in [1.165, 1.54) is 0 Å². The second kappa shape index (κ2) is 6.96. The largest absolute Gasteiger partial charge is 0.328 e. The highest BCUT2D eigenvalue weighted by atomic mass is 16.2. The SMILES string of the molecule is CCN(C(=O)c1c(-c2ccccc2)cc[nH]c1=O)c1ccccc1. The fourth-order valence-electron chi connectivity index (χ4n) is 2.74. The minimum atomic E-state index is -0.379. The maximum absolute atomic E-state index is 13.1. The van der Waals surface area contributed by atoms with Crippen LogP contribution in [-0.4, -0.2) is 17.4 Å². The lowest BCUT2D eigenvalue weighted by atomic mass is 10.0. The summed E-state index contributed by atoms with van der Waals surface area (Å²) in [5.41, 5.74) is 2.03. The number of hydrogen-bond donors (Lipinski definition) is 1. The van der Waals surface area contributed by atoms with Gasteiger partial charge in [-0.25, -0.2) is 0 Å². The van der Waals surface area contributed by atoms with Gasteiger partial charge in [-0.1, -0.05) is 48.5 Å². The molecule has 0 radical (unpaired) electrons. The number of benzene rings is 2. The van der Waals surface area contributed by atoms with Gasteiger partial charge in [0.1, 0.15) is 5.56 Å². The van der Waals surface area contributed by atoms with E-state index in [2.05, 4.69) is 4.98 Å². The van der Waals surface area contributed by atoms with Crippen LogP contribution in [0.2, 0.25) is 0 Å². The number of amides is 1. The van der Waals surface area contributed by atoms with Crippen LogP contribution in [0.1, 0.15) is 17.3 Å². The van der Waals surface area contributed by atoms with Crippen LogP contribution in [0.5, 0.6) is 0 Å². The quantitative estimate of drug-likeness (QED) is 0.797. The third-order valence-electron chi connectivity index (χ3n) is 3.89. The predicted octanol–water partition coefficient (Wildman–Crippen LogP) is 3.71. The van der Waals surface area contributed by atoms with Gasteiger partial charge in [0.25, 0.3) is 11.5 Å². The Labute approximate surface area is 140 Å². The summed E-state index contributed by atoms with van der Waals surface area (Å²) in [6.45, 7) is 2.37. The molecule has 0 spiro atoms. The lowest BCUT2D eigenvalue weighted by Gasteiger charge is -2.22. The topological polar surface area (TPSA) is 53.2 Å². The van der Waals surface area contributed by atoms with E-state index < -0.39 is 0 Å². The summed E-state index contributed by atoms with van der Waals surface area (Å²) in [5.74, 6) is -0.301. The van der Waals surface area contributed by atoms with Crippen LogP contribution in [0.4, 0.5) is 5.69 Å². The van der Waals surface area contributed by atoms with E-state index in [4.69, 9.17) is 0 Å². The van der Waals surface area contributed by atoms with Gasteiger partial charge in [0, 0.05) is 24.0 Å². The van der Waals surface area contributed by atoms with Gasteiger partial charge in [0.15, 0.2) is 0 Å². The third kappa shape index (κ3) is 2.99. The van der Waals surface area contributed by atoms with Crippen molar-refractivity contribution in [1.82, 2.24) is 4.98 Å². The minimum Gasteiger partial charge on any atom is -0.328 e. The Hall–Kier alpha value is -3.14. The Bertz CT molecular complexity index is 886. The van der Waals surface area contributed by atoms with Crippen molar-refractivity contribution in [1.29, 1.82) is 0 Å². The first-order valence-electron chi connectivity index (χ1n) is 7.86. The number of carbonyl (C=O) groups excluding carboxylic acids is 1. The number of aromatic nitrogens is 1. The lowest BCUT2D eigenvalue weighted by molar-refractivity contribution is 0.0987. The number of nitrogens with zero attached hydrogens (tertiary/aromatic N) is 1. The Morgan fingerprint density at radius 3 is 2.21 bits per heavy atom. The van der Waals surface area contributed by atoms with Crippen LogP contribution in [0.3, 0.4) is 0 Å². The number of nitrogens with one attached hydrogen (secondary N) is 1. The maximum Gasteiger partial charge on any atom is 0.264 e. The first-order chi connectivity index (χ1) is 11.7. The summed E-state index contributed by atoms with van der Waals surface area (Å²) in [6, 6.07) is 20.6. The monoisotopic (exact) mass is 318 g/mol. The normalized spacial score (nSPS) is 10.4.